The SMILES string of the molecule is CCCCC/C=C\C=C/CCCCCCCCCCCC(O)C(=O)NC(COC1OC(CO)C(O)C(OS(=O)(=O)O)C1O)C(O)/C=C/CCCCCCCCCCCCCCCCCCC. The second-order valence-electron chi connectivity index (χ2n) is 18.6. The van der Waals surface area contributed by atoms with Gasteiger partial charge >= 0.3 is 10.4 Å². The lowest BCUT2D eigenvalue weighted by Gasteiger charge is -2.41. The van der Waals surface area contributed by atoms with Gasteiger partial charge in [-0.05, 0) is 44.9 Å². The number of aliphatic hydroxyl groups is 5. The van der Waals surface area contributed by atoms with E-state index in [1.807, 2.05) is 6.08 Å². The van der Waals surface area contributed by atoms with Crippen molar-refractivity contribution in [2.45, 2.75) is 275 Å². The third-order valence-electron chi connectivity index (χ3n) is 12.6. The highest BCUT2D eigenvalue weighted by Crippen LogP contribution is 2.26. The molecule has 7 N–H and O–H groups in total. The quantitative estimate of drug-likeness (QED) is 0.0132. The van der Waals surface area contributed by atoms with Gasteiger partial charge in [0.05, 0.1) is 25.4 Å². The van der Waals surface area contributed by atoms with Crippen LogP contribution in [0.5, 0.6) is 0 Å². The van der Waals surface area contributed by atoms with Crippen molar-refractivity contribution in [1.82, 2.24) is 5.32 Å². The second-order valence-corrected chi connectivity index (χ2v) is 19.7. The Balaban J connectivity index is 2.51. The zero-order valence-corrected chi connectivity index (χ0v) is 42.2. The first kappa shape index (κ1) is 62.3. The zero-order chi connectivity index (χ0) is 48.5. The maximum Gasteiger partial charge on any atom is 0.397 e. The summed E-state index contributed by atoms with van der Waals surface area (Å²) in [5.41, 5.74) is 0. The Kier molecular flexibility index (Phi) is 39.8. The minimum absolute atomic E-state index is 0.237. The molecule has 0 aromatic rings. The Morgan fingerprint density at radius 2 is 1.03 bits per heavy atom. The highest BCUT2D eigenvalue weighted by atomic mass is 32.3. The maximum atomic E-state index is 13.2. The topological polar surface area (TPSA) is 212 Å². The van der Waals surface area contributed by atoms with Crippen molar-refractivity contribution in [2.24, 2.45) is 0 Å². The smallest absolute Gasteiger partial charge is 0.394 e. The number of nitrogens with one attached hydrogen (secondary N) is 1. The van der Waals surface area contributed by atoms with E-state index in [2.05, 4.69) is 47.7 Å². The third kappa shape index (κ3) is 33.7. The molecule has 0 aromatic heterocycles. The van der Waals surface area contributed by atoms with E-state index in [1.165, 1.54) is 135 Å². The van der Waals surface area contributed by atoms with E-state index in [0.29, 0.717) is 12.8 Å². The van der Waals surface area contributed by atoms with Gasteiger partial charge in [-0.2, -0.15) is 8.42 Å². The predicted octanol–water partition coefficient (Wildman–Crippen LogP) is 10.4. The van der Waals surface area contributed by atoms with E-state index in [-0.39, 0.29) is 6.42 Å². The van der Waals surface area contributed by atoms with E-state index >= 15 is 0 Å². The molecule has 0 radical (unpaired) electrons. The van der Waals surface area contributed by atoms with Crippen molar-refractivity contribution >= 4 is 16.3 Å². The highest BCUT2D eigenvalue weighted by molar-refractivity contribution is 7.80. The van der Waals surface area contributed by atoms with Crippen LogP contribution >= 0.6 is 0 Å². The summed E-state index contributed by atoms with van der Waals surface area (Å²) in [5.74, 6) is -0.705. The molecule has 1 saturated heterocycles. The van der Waals surface area contributed by atoms with Gasteiger partial charge < -0.3 is 40.3 Å². The van der Waals surface area contributed by atoms with Crippen LogP contribution in [-0.4, -0.2) is 107 Å². The molecule has 1 aliphatic heterocycles. The van der Waals surface area contributed by atoms with Crippen LogP contribution in [0.3, 0.4) is 0 Å². The van der Waals surface area contributed by atoms with Gasteiger partial charge in [0.15, 0.2) is 6.29 Å². The molecule has 0 aromatic carbocycles. The standard InChI is InChI=1S/C52H97NO12S/c1-3-5-7-9-11-13-15-17-19-21-23-25-26-28-30-32-34-36-38-40-45(55)44(43-63-52-49(58)50(65-66(60,61)62)48(57)47(42-54)64-52)53-51(59)46(56)41-39-37-35-33-31-29-27-24-22-20-18-16-14-12-10-8-6-4-2/h12,14,16,18,38,40,44-50,52,54-58H,3-11,13,15,17,19-37,39,41-43H2,1-2H3,(H,53,59)(H,60,61,62)/b14-12-,18-16-,40-38+. The zero-order valence-electron chi connectivity index (χ0n) is 41.4. The highest BCUT2D eigenvalue weighted by Gasteiger charge is 2.48. The van der Waals surface area contributed by atoms with Gasteiger partial charge in [0.2, 0.25) is 5.91 Å². The fraction of sp³-hybridized carbons (Fsp3) is 0.865. The number of hydrogen-bond donors (Lipinski definition) is 7. The summed E-state index contributed by atoms with van der Waals surface area (Å²) in [4.78, 5) is 13.2. The molecule has 66 heavy (non-hydrogen) atoms. The summed E-state index contributed by atoms with van der Waals surface area (Å²) in [7, 11) is -5.12. The number of rotatable bonds is 45. The lowest BCUT2D eigenvalue weighted by Crippen LogP contribution is -2.61. The van der Waals surface area contributed by atoms with Crippen LogP contribution in [0.4, 0.5) is 0 Å². The summed E-state index contributed by atoms with van der Waals surface area (Å²) < 4.78 is 47.7. The number of hydrogen-bond acceptors (Lipinski definition) is 11. The molecule has 14 heteroatoms. The second kappa shape index (κ2) is 42.2. The number of ether oxygens (including phenoxy) is 2. The van der Waals surface area contributed by atoms with Crippen molar-refractivity contribution < 1.29 is 57.0 Å². The number of aliphatic hydroxyl groups excluding tert-OH is 5. The summed E-state index contributed by atoms with van der Waals surface area (Å²) in [6.45, 7) is 3.21. The average Bonchev–Trinajstić information content (AvgIpc) is 3.29. The molecule has 1 amide bonds. The number of carbonyl (C=O) groups is 1. The summed E-state index contributed by atoms with van der Waals surface area (Å²) in [5, 5.41) is 55.4. The molecule has 0 aliphatic carbocycles. The molecule has 388 valence electrons. The number of amides is 1. The summed E-state index contributed by atoms with van der Waals surface area (Å²) >= 11 is 0. The van der Waals surface area contributed by atoms with Crippen molar-refractivity contribution in [3.8, 4) is 0 Å². The van der Waals surface area contributed by atoms with Gasteiger partial charge in [0.25, 0.3) is 0 Å². The van der Waals surface area contributed by atoms with Crippen molar-refractivity contribution in [2.75, 3.05) is 13.2 Å². The van der Waals surface area contributed by atoms with E-state index in [4.69, 9.17) is 9.47 Å². The Morgan fingerprint density at radius 1 is 0.621 bits per heavy atom. The van der Waals surface area contributed by atoms with Crippen LogP contribution < -0.4 is 5.32 Å². The first-order chi connectivity index (χ1) is 31.9. The van der Waals surface area contributed by atoms with E-state index in [0.717, 1.165) is 57.8 Å². The fourth-order valence-electron chi connectivity index (χ4n) is 8.33. The molecule has 13 nitrogen and oxygen atoms in total. The van der Waals surface area contributed by atoms with Crippen LogP contribution in [-0.2, 0) is 28.9 Å². The lowest BCUT2D eigenvalue weighted by molar-refractivity contribution is -0.298. The maximum absolute atomic E-state index is 13.2. The minimum atomic E-state index is -5.12. The molecule has 1 aliphatic rings. The molecule has 1 fully saturated rings. The molecule has 0 bridgehead atoms. The van der Waals surface area contributed by atoms with Crippen LogP contribution in [0, 0.1) is 0 Å². The van der Waals surface area contributed by atoms with Crippen molar-refractivity contribution in [1.29, 1.82) is 0 Å². The minimum Gasteiger partial charge on any atom is -0.394 e. The summed E-state index contributed by atoms with van der Waals surface area (Å²) in [6.07, 6.45) is 39.2. The molecule has 8 atom stereocenters. The van der Waals surface area contributed by atoms with Gasteiger partial charge in [0, 0.05) is 0 Å². The Bertz CT molecular complexity index is 1330. The van der Waals surface area contributed by atoms with Gasteiger partial charge in [-0.25, -0.2) is 4.18 Å². The Morgan fingerprint density at radius 3 is 1.48 bits per heavy atom. The van der Waals surface area contributed by atoms with E-state index in [9.17, 15) is 43.3 Å². The number of carbonyl (C=O) groups excluding carboxylic acids is 1. The largest absolute Gasteiger partial charge is 0.397 e. The van der Waals surface area contributed by atoms with Gasteiger partial charge in [-0.3, -0.25) is 9.35 Å². The Labute approximate surface area is 401 Å². The van der Waals surface area contributed by atoms with Gasteiger partial charge in [0.1, 0.15) is 30.5 Å². The van der Waals surface area contributed by atoms with E-state index < -0.39 is 78.5 Å². The normalized spacial score (nSPS) is 20.8. The molecule has 1 rings (SSSR count). The number of allylic oxidation sites excluding steroid dienone is 5. The lowest BCUT2D eigenvalue weighted by atomic mass is 9.99. The number of unbranched alkanes of at least 4 members (excludes halogenated alkanes) is 29. The average molecular weight is 960 g/mol. The van der Waals surface area contributed by atoms with Gasteiger partial charge in [-0.1, -0.05) is 217 Å². The predicted molar refractivity (Wildman–Crippen MR) is 265 cm³/mol. The Hall–Kier alpha value is -1.72. The van der Waals surface area contributed by atoms with Crippen LogP contribution in [0.15, 0.2) is 36.5 Å². The van der Waals surface area contributed by atoms with Crippen LogP contribution in [0.2, 0.25) is 0 Å². The molecular formula is C52H97NO12S. The van der Waals surface area contributed by atoms with E-state index in [1.54, 1.807) is 6.08 Å². The van der Waals surface area contributed by atoms with Crippen LogP contribution in [0.25, 0.3) is 0 Å². The first-order valence-electron chi connectivity index (χ1n) is 26.5. The molecule has 0 saturated carbocycles. The molecular weight excluding hydrogens is 863 g/mol. The molecule has 0 spiro atoms. The monoisotopic (exact) mass is 960 g/mol. The first-order valence-corrected chi connectivity index (χ1v) is 27.9. The van der Waals surface area contributed by atoms with Crippen molar-refractivity contribution in [3.63, 3.8) is 0 Å². The summed E-state index contributed by atoms with van der Waals surface area (Å²) in [6, 6.07) is -1.12. The van der Waals surface area contributed by atoms with Gasteiger partial charge in [-0.15, -0.1) is 0 Å². The van der Waals surface area contributed by atoms with Crippen molar-refractivity contribution in [3.05, 3.63) is 36.5 Å². The fourth-order valence-corrected chi connectivity index (χ4v) is 8.84. The van der Waals surface area contributed by atoms with Crippen LogP contribution in [0.1, 0.15) is 226 Å². The third-order valence-corrected chi connectivity index (χ3v) is 13.0. The molecule has 8 unspecified atom stereocenters. The molecule has 1 heterocycles.